The fraction of sp³-hybridized carbons (Fsp3) is 0.417. The smallest absolute Gasteiger partial charge is 0.231 e. The molecule has 0 fully saturated rings. The van der Waals surface area contributed by atoms with E-state index in [9.17, 15) is 9.18 Å². The van der Waals surface area contributed by atoms with E-state index in [2.05, 4.69) is 21.2 Å². The van der Waals surface area contributed by atoms with Crippen LogP contribution in [0.2, 0.25) is 0 Å². The van der Waals surface area contributed by atoms with Crippen molar-refractivity contribution in [1.82, 2.24) is 0 Å². The molecule has 0 heterocycles. The van der Waals surface area contributed by atoms with Crippen LogP contribution in [-0.2, 0) is 4.79 Å². The lowest BCUT2D eigenvalue weighted by molar-refractivity contribution is -0.124. The van der Waals surface area contributed by atoms with Crippen molar-refractivity contribution < 1.29 is 9.18 Å². The van der Waals surface area contributed by atoms with Crippen molar-refractivity contribution in [3.63, 3.8) is 0 Å². The molecule has 17 heavy (non-hydrogen) atoms. The van der Waals surface area contributed by atoms with Crippen LogP contribution in [0.1, 0.15) is 20.3 Å². The standard InChI is InChI=1S/C12H16BrFN2O/c1-3-12(2,7-15)11(17)16-10-5-4-8(13)6-9(10)14/h4-6H,3,7,15H2,1-2H3,(H,16,17). The van der Waals surface area contributed by atoms with Gasteiger partial charge in [0.05, 0.1) is 11.1 Å². The van der Waals surface area contributed by atoms with Crippen LogP contribution in [0.5, 0.6) is 0 Å². The van der Waals surface area contributed by atoms with Crippen LogP contribution in [0.3, 0.4) is 0 Å². The van der Waals surface area contributed by atoms with Crippen LogP contribution in [-0.4, -0.2) is 12.5 Å². The van der Waals surface area contributed by atoms with Gasteiger partial charge in [0.2, 0.25) is 5.91 Å². The van der Waals surface area contributed by atoms with Crippen LogP contribution in [0.25, 0.3) is 0 Å². The van der Waals surface area contributed by atoms with E-state index >= 15 is 0 Å². The first-order chi connectivity index (χ1) is 7.92. The minimum absolute atomic E-state index is 0.173. The summed E-state index contributed by atoms with van der Waals surface area (Å²) >= 11 is 3.16. The molecule has 0 saturated carbocycles. The van der Waals surface area contributed by atoms with Gasteiger partial charge in [-0.2, -0.15) is 0 Å². The maximum absolute atomic E-state index is 13.5. The number of nitrogens with one attached hydrogen (secondary N) is 1. The number of carbonyl (C=O) groups is 1. The number of amides is 1. The van der Waals surface area contributed by atoms with E-state index < -0.39 is 11.2 Å². The molecule has 5 heteroatoms. The molecule has 94 valence electrons. The van der Waals surface area contributed by atoms with Gasteiger partial charge in [0.25, 0.3) is 0 Å². The monoisotopic (exact) mass is 302 g/mol. The number of halogens is 2. The van der Waals surface area contributed by atoms with Crippen molar-refractivity contribution in [3.8, 4) is 0 Å². The Hall–Kier alpha value is -0.940. The van der Waals surface area contributed by atoms with Crippen molar-refractivity contribution in [2.45, 2.75) is 20.3 Å². The molecule has 1 amide bonds. The maximum Gasteiger partial charge on any atom is 0.231 e. The van der Waals surface area contributed by atoms with Gasteiger partial charge < -0.3 is 11.1 Å². The molecule has 0 aliphatic rings. The molecular weight excluding hydrogens is 287 g/mol. The second-order valence-corrected chi connectivity index (χ2v) is 5.11. The first-order valence-corrected chi connectivity index (χ1v) is 6.19. The van der Waals surface area contributed by atoms with Gasteiger partial charge in [-0.15, -0.1) is 0 Å². The minimum atomic E-state index is -0.667. The second-order valence-electron chi connectivity index (χ2n) is 4.20. The third-order valence-electron chi connectivity index (χ3n) is 2.96. The molecule has 1 unspecified atom stereocenters. The molecular formula is C12H16BrFN2O. The highest BCUT2D eigenvalue weighted by molar-refractivity contribution is 9.10. The van der Waals surface area contributed by atoms with Crippen molar-refractivity contribution in [2.24, 2.45) is 11.1 Å². The number of hydrogen-bond donors (Lipinski definition) is 2. The Balaban J connectivity index is 2.88. The Morgan fingerprint density at radius 1 is 1.59 bits per heavy atom. The Morgan fingerprint density at radius 3 is 2.71 bits per heavy atom. The SMILES string of the molecule is CCC(C)(CN)C(=O)Nc1ccc(Br)cc1F. The van der Waals surface area contributed by atoms with Gasteiger partial charge in [-0.05, 0) is 31.5 Å². The molecule has 0 spiro atoms. The van der Waals surface area contributed by atoms with Gasteiger partial charge in [-0.1, -0.05) is 22.9 Å². The first kappa shape index (κ1) is 14.1. The summed E-state index contributed by atoms with van der Waals surface area (Å²) in [6, 6.07) is 4.50. The number of hydrogen-bond acceptors (Lipinski definition) is 2. The molecule has 1 atom stereocenters. The molecule has 1 rings (SSSR count). The molecule has 0 aliphatic carbocycles. The molecule has 0 saturated heterocycles. The highest BCUT2D eigenvalue weighted by atomic mass is 79.9. The van der Waals surface area contributed by atoms with Crippen LogP contribution in [0.4, 0.5) is 10.1 Å². The molecule has 0 aliphatic heterocycles. The van der Waals surface area contributed by atoms with E-state index in [0.717, 1.165) is 0 Å². The largest absolute Gasteiger partial charge is 0.329 e. The third kappa shape index (κ3) is 3.26. The molecule has 0 radical (unpaired) electrons. The summed E-state index contributed by atoms with van der Waals surface area (Å²) < 4.78 is 14.2. The number of benzene rings is 1. The van der Waals surface area contributed by atoms with E-state index in [1.54, 1.807) is 13.0 Å². The van der Waals surface area contributed by atoms with Crippen LogP contribution >= 0.6 is 15.9 Å². The predicted molar refractivity (Wildman–Crippen MR) is 70.2 cm³/mol. The average Bonchev–Trinajstić information content (AvgIpc) is 2.31. The fourth-order valence-corrected chi connectivity index (χ4v) is 1.59. The summed E-state index contributed by atoms with van der Waals surface area (Å²) in [6.45, 7) is 3.87. The van der Waals surface area contributed by atoms with Crippen molar-refractivity contribution in [3.05, 3.63) is 28.5 Å². The zero-order chi connectivity index (χ0) is 13.1. The lowest BCUT2D eigenvalue weighted by atomic mass is 9.86. The third-order valence-corrected chi connectivity index (χ3v) is 3.45. The molecule has 3 nitrogen and oxygen atoms in total. The first-order valence-electron chi connectivity index (χ1n) is 5.39. The number of anilines is 1. The molecule has 1 aromatic carbocycles. The van der Waals surface area contributed by atoms with Gasteiger partial charge in [-0.3, -0.25) is 4.79 Å². The Bertz CT molecular complexity index is 419. The average molecular weight is 303 g/mol. The predicted octanol–water partition coefficient (Wildman–Crippen LogP) is 2.90. The number of carbonyl (C=O) groups excluding carboxylic acids is 1. The van der Waals surface area contributed by atoms with Gasteiger partial charge in [0.1, 0.15) is 5.82 Å². The fourth-order valence-electron chi connectivity index (χ4n) is 1.26. The summed E-state index contributed by atoms with van der Waals surface area (Å²) in [5.41, 5.74) is 5.08. The zero-order valence-electron chi connectivity index (χ0n) is 9.89. The Labute approximate surface area is 109 Å². The van der Waals surface area contributed by atoms with Gasteiger partial charge in [-0.25, -0.2) is 4.39 Å². The normalized spacial score (nSPS) is 14.2. The molecule has 3 N–H and O–H groups in total. The highest BCUT2D eigenvalue weighted by Gasteiger charge is 2.30. The van der Waals surface area contributed by atoms with Crippen molar-refractivity contribution in [2.75, 3.05) is 11.9 Å². The van der Waals surface area contributed by atoms with Crippen LogP contribution < -0.4 is 11.1 Å². The summed E-state index contributed by atoms with van der Waals surface area (Å²) in [4.78, 5) is 12.0. The van der Waals surface area contributed by atoms with E-state index in [1.807, 2.05) is 6.92 Å². The number of rotatable bonds is 4. The summed E-state index contributed by atoms with van der Waals surface area (Å²) in [7, 11) is 0. The van der Waals surface area contributed by atoms with Gasteiger partial charge in [0, 0.05) is 11.0 Å². The van der Waals surface area contributed by atoms with E-state index in [4.69, 9.17) is 5.73 Å². The van der Waals surface area contributed by atoms with Crippen LogP contribution in [0.15, 0.2) is 22.7 Å². The second kappa shape index (κ2) is 5.60. The zero-order valence-corrected chi connectivity index (χ0v) is 11.5. The lowest BCUT2D eigenvalue weighted by Gasteiger charge is -2.25. The Morgan fingerprint density at radius 2 is 2.24 bits per heavy atom. The summed E-state index contributed by atoms with van der Waals surface area (Å²) in [6.07, 6.45) is 0.605. The topological polar surface area (TPSA) is 55.1 Å². The van der Waals surface area contributed by atoms with Crippen molar-refractivity contribution in [1.29, 1.82) is 0 Å². The summed E-state index contributed by atoms with van der Waals surface area (Å²) in [5.74, 6) is -0.730. The number of nitrogens with two attached hydrogens (primary N) is 1. The summed E-state index contributed by atoms with van der Waals surface area (Å²) in [5, 5.41) is 2.57. The van der Waals surface area contributed by atoms with Crippen LogP contribution in [0, 0.1) is 11.2 Å². The van der Waals surface area contributed by atoms with E-state index in [-0.39, 0.29) is 18.1 Å². The van der Waals surface area contributed by atoms with E-state index in [0.29, 0.717) is 10.9 Å². The van der Waals surface area contributed by atoms with E-state index in [1.165, 1.54) is 12.1 Å². The van der Waals surface area contributed by atoms with Gasteiger partial charge >= 0.3 is 0 Å². The van der Waals surface area contributed by atoms with Crippen molar-refractivity contribution >= 4 is 27.5 Å². The quantitative estimate of drug-likeness (QED) is 0.898. The molecule has 0 bridgehead atoms. The highest BCUT2D eigenvalue weighted by Crippen LogP contribution is 2.24. The molecule has 0 aromatic heterocycles. The Kier molecular flexibility index (Phi) is 4.65. The lowest BCUT2D eigenvalue weighted by Crippen LogP contribution is -2.39. The maximum atomic E-state index is 13.5. The molecule has 1 aromatic rings. The minimum Gasteiger partial charge on any atom is -0.329 e. The van der Waals surface area contributed by atoms with Gasteiger partial charge in [0.15, 0.2) is 0 Å².